The summed E-state index contributed by atoms with van der Waals surface area (Å²) < 4.78 is 5.76. The molecule has 2 aromatic rings. The van der Waals surface area contributed by atoms with Crippen LogP contribution in [0.3, 0.4) is 0 Å². The van der Waals surface area contributed by atoms with Crippen molar-refractivity contribution in [1.29, 1.82) is 0 Å². The number of Topliss-reactive ketones (excluding diaryl/α,β-unsaturated/α-hetero) is 1. The second-order valence-electron chi connectivity index (χ2n) is 8.47. The molecule has 0 bridgehead atoms. The van der Waals surface area contributed by atoms with Gasteiger partial charge < -0.3 is 14.6 Å². The first-order chi connectivity index (χ1) is 15.0. The fourth-order valence-electron chi connectivity index (χ4n) is 3.04. The molecule has 0 spiro atoms. The third-order valence-electron chi connectivity index (χ3n) is 5.16. The van der Waals surface area contributed by atoms with Gasteiger partial charge in [-0.1, -0.05) is 39.0 Å². The Labute approximate surface area is 185 Å². The molecule has 1 aliphatic heterocycles. The van der Waals surface area contributed by atoms with Gasteiger partial charge in [0.1, 0.15) is 22.9 Å². The summed E-state index contributed by atoms with van der Waals surface area (Å²) in [5.41, 5.74) is 1.96. The number of carboxylic acids is 1. The van der Waals surface area contributed by atoms with Gasteiger partial charge in [-0.2, -0.15) is 0 Å². The Morgan fingerprint density at radius 3 is 2.19 bits per heavy atom. The summed E-state index contributed by atoms with van der Waals surface area (Å²) in [4.78, 5) is 33.8. The molecule has 6 nitrogen and oxygen atoms in total. The largest absolute Gasteiger partial charge is 0.508 e. The second-order valence-corrected chi connectivity index (χ2v) is 8.47. The molecule has 164 valence electrons. The van der Waals surface area contributed by atoms with E-state index < -0.39 is 5.97 Å². The van der Waals surface area contributed by atoms with E-state index in [9.17, 15) is 24.6 Å². The highest BCUT2D eigenvalue weighted by molar-refractivity contribution is 6.07. The van der Waals surface area contributed by atoms with Crippen LogP contribution in [0.5, 0.6) is 5.75 Å². The Bertz CT molecular complexity index is 1340. The van der Waals surface area contributed by atoms with Gasteiger partial charge in [0.2, 0.25) is 0 Å². The van der Waals surface area contributed by atoms with Crippen molar-refractivity contribution in [3.63, 3.8) is 0 Å². The quantitative estimate of drug-likeness (QED) is 0.400. The van der Waals surface area contributed by atoms with Gasteiger partial charge in [-0.25, -0.2) is 4.79 Å². The highest BCUT2D eigenvalue weighted by atomic mass is 16.4. The van der Waals surface area contributed by atoms with E-state index >= 15 is 0 Å². The van der Waals surface area contributed by atoms with Gasteiger partial charge >= 0.3 is 5.97 Å². The maximum Gasteiger partial charge on any atom is 0.336 e. The van der Waals surface area contributed by atoms with Gasteiger partial charge in [-0.3, -0.25) is 9.59 Å². The third kappa shape index (κ3) is 4.70. The van der Waals surface area contributed by atoms with Crippen molar-refractivity contribution in [2.24, 2.45) is 5.41 Å². The Hall–Kier alpha value is -3.93. The topological polar surface area (TPSA) is 105 Å². The molecule has 2 N–H and O–H groups in total. The Morgan fingerprint density at radius 1 is 0.906 bits per heavy atom. The monoisotopic (exact) mass is 432 g/mol. The molecule has 2 aliphatic rings. The van der Waals surface area contributed by atoms with Crippen molar-refractivity contribution in [2.45, 2.75) is 27.7 Å². The van der Waals surface area contributed by atoms with E-state index in [-0.39, 0.29) is 27.9 Å². The molecular formula is C26H24O6. The number of aromatic hydroxyl groups is 1. The van der Waals surface area contributed by atoms with E-state index in [1.807, 2.05) is 20.8 Å². The normalized spacial score (nSPS) is 11.1. The van der Waals surface area contributed by atoms with Gasteiger partial charge in [0.05, 0.1) is 5.56 Å². The van der Waals surface area contributed by atoms with Crippen molar-refractivity contribution in [3.8, 4) is 28.2 Å². The molecule has 0 radical (unpaired) electrons. The number of fused-ring (bicyclic) bond motifs is 2. The molecule has 0 unspecified atom stereocenters. The number of aromatic carboxylic acids is 1. The lowest BCUT2D eigenvalue weighted by atomic mass is 9.91. The van der Waals surface area contributed by atoms with Gasteiger partial charge in [0.25, 0.3) is 0 Å². The molecule has 32 heavy (non-hydrogen) atoms. The number of phenolic OH excluding ortho intramolecular Hbond substituents is 1. The zero-order chi connectivity index (χ0) is 23.6. The fourth-order valence-corrected chi connectivity index (χ4v) is 3.04. The molecule has 0 aromatic heterocycles. The lowest BCUT2D eigenvalue weighted by molar-refractivity contribution is -0.124. The molecule has 0 fully saturated rings. The van der Waals surface area contributed by atoms with Gasteiger partial charge in [-0.05, 0) is 42.8 Å². The van der Waals surface area contributed by atoms with Crippen LogP contribution >= 0.6 is 0 Å². The van der Waals surface area contributed by atoms with Crippen LogP contribution in [0, 0.1) is 5.41 Å². The van der Waals surface area contributed by atoms with Crippen molar-refractivity contribution in [1.82, 2.24) is 0 Å². The van der Waals surface area contributed by atoms with E-state index in [2.05, 4.69) is 0 Å². The van der Waals surface area contributed by atoms with E-state index in [1.165, 1.54) is 30.3 Å². The standard InChI is InChI=1S/C20H12O5.C6H12O/c21-11-5-7-15-17(9-11)25-18-10-12(22)6-8-16(18)19(15)13-3-1-2-4-14(13)20(23)24;1-5(7)6(2,3)4/h1-10,21H,(H,23,24);1-4H3. The van der Waals surface area contributed by atoms with Crippen LogP contribution in [-0.4, -0.2) is 22.0 Å². The smallest absolute Gasteiger partial charge is 0.336 e. The van der Waals surface area contributed by atoms with Crippen LogP contribution < -0.4 is 5.43 Å². The number of carbonyl (C=O) groups is 2. The molecule has 0 saturated heterocycles. The van der Waals surface area contributed by atoms with E-state index in [1.54, 1.807) is 37.3 Å². The van der Waals surface area contributed by atoms with Gasteiger partial charge in [-0.15, -0.1) is 0 Å². The Kier molecular flexibility index (Phi) is 6.16. The molecular weight excluding hydrogens is 408 g/mol. The first-order valence-corrected chi connectivity index (χ1v) is 10.0. The average Bonchev–Trinajstić information content (AvgIpc) is 2.71. The van der Waals surface area contributed by atoms with Crippen molar-refractivity contribution in [2.75, 3.05) is 0 Å². The minimum atomic E-state index is -1.04. The number of ketones is 1. The van der Waals surface area contributed by atoms with Crippen molar-refractivity contribution < 1.29 is 24.2 Å². The third-order valence-corrected chi connectivity index (χ3v) is 5.16. The Morgan fingerprint density at radius 2 is 1.56 bits per heavy atom. The maximum absolute atomic E-state index is 11.7. The highest BCUT2D eigenvalue weighted by Gasteiger charge is 2.21. The molecule has 1 heterocycles. The van der Waals surface area contributed by atoms with Gasteiger partial charge in [0.15, 0.2) is 5.43 Å². The summed E-state index contributed by atoms with van der Waals surface area (Å²) in [7, 11) is 0. The predicted molar refractivity (Wildman–Crippen MR) is 123 cm³/mol. The second kappa shape index (κ2) is 8.67. The highest BCUT2D eigenvalue weighted by Crippen LogP contribution is 2.41. The lowest BCUT2D eigenvalue weighted by Gasteiger charge is -2.16. The number of phenols is 1. The fraction of sp³-hybridized carbons (Fsp3) is 0.192. The number of carboxylic acid groups (broad SMARTS) is 1. The van der Waals surface area contributed by atoms with E-state index in [4.69, 9.17) is 4.42 Å². The zero-order valence-corrected chi connectivity index (χ0v) is 18.3. The zero-order valence-electron chi connectivity index (χ0n) is 18.3. The number of hydrogen-bond acceptors (Lipinski definition) is 5. The SMILES string of the molecule is CC(=O)C(C)(C)C.O=C(O)c1ccccc1-c1c2ccc(=O)cc-2oc2cc(O)ccc12. The average molecular weight is 432 g/mol. The summed E-state index contributed by atoms with van der Waals surface area (Å²) in [5, 5.41) is 19.9. The summed E-state index contributed by atoms with van der Waals surface area (Å²) in [6.45, 7) is 7.35. The molecule has 4 rings (SSSR count). The lowest BCUT2D eigenvalue weighted by Crippen LogP contribution is -2.15. The van der Waals surface area contributed by atoms with E-state index in [0.717, 1.165) is 0 Å². The van der Waals surface area contributed by atoms with Crippen LogP contribution in [0.4, 0.5) is 0 Å². The van der Waals surface area contributed by atoms with E-state index in [0.29, 0.717) is 33.4 Å². The number of carbonyl (C=O) groups excluding carboxylic acids is 1. The molecule has 0 amide bonds. The van der Waals surface area contributed by atoms with Crippen LogP contribution in [0.15, 0.2) is 69.9 Å². The maximum atomic E-state index is 11.7. The first kappa shape index (κ1) is 22.7. The summed E-state index contributed by atoms with van der Waals surface area (Å²) in [5.74, 6) is -0.448. The van der Waals surface area contributed by atoms with Crippen LogP contribution in [0.1, 0.15) is 38.1 Å². The van der Waals surface area contributed by atoms with Crippen molar-refractivity contribution >= 4 is 22.7 Å². The molecule has 0 atom stereocenters. The summed E-state index contributed by atoms with van der Waals surface area (Å²) in [6.07, 6.45) is 0. The molecule has 1 aliphatic carbocycles. The predicted octanol–water partition coefficient (Wildman–Crippen LogP) is 5.59. The minimum Gasteiger partial charge on any atom is -0.508 e. The van der Waals surface area contributed by atoms with Gasteiger partial charge in [0, 0.05) is 34.1 Å². The number of rotatable bonds is 2. The van der Waals surface area contributed by atoms with Crippen LogP contribution in [-0.2, 0) is 4.79 Å². The van der Waals surface area contributed by atoms with Crippen molar-refractivity contribution in [3.05, 3.63) is 76.5 Å². The number of hydrogen-bond donors (Lipinski definition) is 2. The van der Waals surface area contributed by atoms with Crippen LogP contribution in [0.25, 0.3) is 33.4 Å². The summed E-state index contributed by atoms with van der Waals surface area (Å²) in [6, 6.07) is 15.7. The van der Waals surface area contributed by atoms with Crippen LogP contribution in [0.2, 0.25) is 0 Å². The Balaban J connectivity index is 0.000000360. The molecule has 0 saturated carbocycles. The summed E-state index contributed by atoms with van der Waals surface area (Å²) >= 11 is 0. The number of benzene rings is 3. The molecule has 6 heteroatoms. The minimum absolute atomic E-state index is 0.0198. The molecule has 2 aromatic carbocycles. The first-order valence-electron chi connectivity index (χ1n) is 10.0.